The summed E-state index contributed by atoms with van der Waals surface area (Å²) in [4.78, 5) is 7.05. The third-order valence-corrected chi connectivity index (χ3v) is 5.50. The number of para-hydroxylation sites is 1. The molecule has 1 N–H and O–H groups in total. The molecular weight excluding hydrogens is 357 g/mol. The Balaban J connectivity index is 1.73. The minimum atomic E-state index is -0.646. The number of piperidine rings is 1. The summed E-state index contributed by atoms with van der Waals surface area (Å²) in [6.07, 6.45) is 1.34. The van der Waals surface area contributed by atoms with Gasteiger partial charge in [0.15, 0.2) is 5.65 Å². The van der Waals surface area contributed by atoms with Crippen molar-refractivity contribution >= 4 is 22.4 Å². The van der Waals surface area contributed by atoms with Crippen molar-refractivity contribution in [1.29, 1.82) is 0 Å². The molecule has 142 valence electrons. The van der Waals surface area contributed by atoms with Gasteiger partial charge >= 0.3 is 0 Å². The third-order valence-electron chi connectivity index (χ3n) is 5.50. The highest BCUT2D eigenvalue weighted by molar-refractivity contribution is 5.93. The van der Waals surface area contributed by atoms with Crippen LogP contribution in [0.3, 0.4) is 0 Å². The summed E-state index contributed by atoms with van der Waals surface area (Å²) < 4.78 is 16.1. The van der Waals surface area contributed by atoms with Gasteiger partial charge in [0, 0.05) is 24.0 Å². The fourth-order valence-corrected chi connectivity index (χ4v) is 3.82. The van der Waals surface area contributed by atoms with E-state index in [0.717, 1.165) is 16.7 Å². The van der Waals surface area contributed by atoms with Crippen molar-refractivity contribution < 1.29 is 9.50 Å². The van der Waals surface area contributed by atoms with Crippen LogP contribution in [0.4, 0.5) is 10.2 Å². The van der Waals surface area contributed by atoms with E-state index in [1.165, 1.54) is 6.07 Å². The molecule has 1 aliphatic heterocycles. The van der Waals surface area contributed by atoms with Gasteiger partial charge in [0.2, 0.25) is 0 Å². The first-order chi connectivity index (χ1) is 13.5. The molecule has 3 heterocycles. The second-order valence-electron chi connectivity index (χ2n) is 7.59. The van der Waals surface area contributed by atoms with Crippen LogP contribution in [0.15, 0.2) is 48.5 Å². The SMILES string of the molecule is CC1(O)CCN(c2nc3c(-c4ccccc4F)nnn3c3ccccc23)CC1. The van der Waals surface area contributed by atoms with Crippen LogP contribution in [-0.4, -0.2) is 43.6 Å². The third kappa shape index (κ3) is 2.70. The Morgan fingerprint density at radius 1 is 1.04 bits per heavy atom. The van der Waals surface area contributed by atoms with Crippen LogP contribution < -0.4 is 4.90 Å². The van der Waals surface area contributed by atoms with E-state index in [0.29, 0.717) is 42.8 Å². The molecule has 2 aromatic heterocycles. The molecule has 2 aromatic carbocycles. The zero-order chi connectivity index (χ0) is 19.3. The largest absolute Gasteiger partial charge is 0.390 e. The number of fused-ring (bicyclic) bond motifs is 3. The highest BCUT2D eigenvalue weighted by Crippen LogP contribution is 2.33. The zero-order valence-electron chi connectivity index (χ0n) is 15.5. The summed E-state index contributed by atoms with van der Waals surface area (Å²) in [5.41, 5.74) is 1.56. The van der Waals surface area contributed by atoms with Gasteiger partial charge in [-0.3, -0.25) is 0 Å². The standard InChI is InChI=1S/C21H20FN5O/c1-21(28)10-12-26(13-11-21)19-15-7-3-5-9-17(15)27-20(23-19)18(24-25-27)14-6-2-4-8-16(14)22/h2-9,28H,10-13H2,1H3. The molecule has 7 heteroatoms. The number of hydrogen-bond acceptors (Lipinski definition) is 5. The predicted molar refractivity (Wildman–Crippen MR) is 106 cm³/mol. The van der Waals surface area contributed by atoms with Crippen molar-refractivity contribution in [2.45, 2.75) is 25.4 Å². The van der Waals surface area contributed by atoms with E-state index in [1.54, 1.807) is 22.7 Å². The molecule has 1 saturated heterocycles. The topological polar surface area (TPSA) is 66.5 Å². The first-order valence-electron chi connectivity index (χ1n) is 9.40. The maximum atomic E-state index is 14.4. The van der Waals surface area contributed by atoms with Gasteiger partial charge in [-0.1, -0.05) is 29.5 Å². The zero-order valence-corrected chi connectivity index (χ0v) is 15.5. The maximum absolute atomic E-state index is 14.4. The van der Waals surface area contributed by atoms with Crippen LogP contribution in [0.5, 0.6) is 0 Å². The van der Waals surface area contributed by atoms with E-state index in [1.807, 2.05) is 31.2 Å². The van der Waals surface area contributed by atoms with Crippen molar-refractivity contribution in [1.82, 2.24) is 19.8 Å². The van der Waals surface area contributed by atoms with E-state index in [9.17, 15) is 9.50 Å². The number of anilines is 1. The molecule has 0 atom stereocenters. The minimum Gasteiger partial charge on any atom is -0.390 e. The molecule has 0 saturated carbocycles. The predicted octanol–water partition coefficient (Wildman–Crippen LogP) is 3.43. The molecule has 0 unspecified atom stereocenters. The van der Waals surface area contributed by atoms with Crippen molar-refractivity contribution in [3.63, 3.8) is 0 Å². The summed E-state index contributed by atoms with van der Waals surface area (Å²) >= 11 is 0. The molecule has 1 fully saturated rings. The van der Waals surface area contributed by atoms with Crippen molar-refractivity contribution in [3.8, 4) is 11.3 Å². The van der Waals surface area contributed by atoms with Crippen LogP contribution in [0, 0.1) is 5.82 Å². The summed E-state index contributed by atoms with van der Waals surface area (Å²) in [7, 11) is 0. The van der Waals surface area contributed by atoms with E-state index >= 15 is 0 Å². The Bertz CT molecular complexity index is 1180. The molecule has 0 amide bonds. The van der Waals surface area contributed by atoms with Crippen molar-refractivity contribution in [2.24, 2.45) is 0 Å². The smallest absolute Gasteiger partial charge is 0.186 e. The van der Waals surface area contributed by atoms with Crippen LogP contribution in [0.1, 0.15) is 19.8 Å². The van der Waals surface area contributed by atoms with Gasteiger partial charge in [-0.2, -0.15) is 4.52 Å². The van der Waals surface area contributed by atoms with E-state index in [-0.39, 0.29) is 5.82 Å². The number of benzene rings is 2. The van der Waals surface area contributed by atoms with Gasteiger partial charge in [0.05, 0.1) is 11.1 Å². The first kappa shape index (κ1) is 17.1. The molecule has 0 aliphatic carbocycles. The van der Waals surface area contributed by atoms with Gasteiger partial charge in [0.25, 0.3) is 0 Å². The second kappa shape index (κ2) is 6.24. The number of aromatic nitrogens is 4. The average molecular weight is 377 g/mol. The van der Waals surface area contributed by atoms with Crippen LogP contribution in [0.25, 0.3) is 27.8 Å². The summed E-state index contributed by atoms with van der Waals surface area (Å²) in [5.74, 6) is 0.467. The normalized spacial score (nSPS) is 16.8. The minimum absolute atomic E-state index is 0.351. The number of halogens is 1. The highest BCUT2D eigenvalue weighted by Gasteiger charge is 2.29. The molecule has 0 bridgehead atoms. The number of aliphatic hydroxyl groups is 1. The van der Waals surface area contributed by atoms with Gasteiger partial charge in [-0.05, 0) is 44.0 Å². The lowest BCUT2D eigenvalue weighted by Gasteiger charge is -2.36. The van der Waals surface area contributed by atoms with Gasteiger partial charge < -0.3 is 10.0 Å². The quantitative estimate of drug-likeness (QED) is 0.580. The Labute approximate surface area is 161 Å². The molecule has 28 heavy (non-hydrogen) atoms. The fraction of sp³-hybridized carbons (Fsp3) is 0.286. The second-order valence-corrected chi connectivity index (χ2v) is 7.59. The lowest BCUT2D eigenvalue weighted by atomic mass is 9.94. The average Bonchev–Trinajstić information content (AvgIpc) is 3.12. The Kier molecular flexibility index (Phi) is 3.80. The monoisotopic (exact) mass is 377 g/mol. The van der Waals surface area contributed by atoms with Crippen LogP contribution in [-0.2, 0) is 0 Å². The lowest BCUT2D eigenvalue weighted by molar-refractivity contribution is 0.0350. The molecular formula is C21H20FN5O. The molecule has 6 nitrogen and oxygen atoms in total. The Morgan fingerprint density at radius 3 is 2.54 bits per heavy atom. The molecule has 0 radical (unpaired) electrons. The van der Waals surface area contributed by atoms with Gasteiger partial charge in [-0.25, -0.2) is 9.37 Å². The Morgan fingerprint density at radius 2 is 1.75 bits per heavy atom. The number of hydrogen-bond donors (Lipinski definition) is 1. The molecule has 0 spiro atoms. The summed E-state index contributed by atoms with van der Waals surface area (Å²) in [6.45, 7) is 3.28. The molecule has 4 aromatic rings. The lowest BCUT2D eigenvalue weighted by Crippen LogP contribution is -2.42. The van der Waals surface area contributed by atoms with Crippen molar-refractivity contribution in [2.75, 3.05) is 18.0 Å². The van der Waals surface area contributed by atoms with Crippen LogP contribution >= 0.6 is 0 Å². The summed E-state index contributed by atoms with van der Waals surface area (Å²) in [5, 5.41) is 19.8. The fourth-order valence-electron chi connectivity index (χ4n) is 3.82. The van der Waals surface area contributed by atoms with Crippen molar-refractivity contribution in [3.05, 3.63) is 54.3 Å². The highest BCUT2D eigenvalue weighted by atomic mass is 19.1. The molecule has 1 aliphatic rings. The van der Waals surface area contributed by atoms with Gasteiger partial charge in [-0.15, -0.1) is 5.10 Å². The van der Waals surface area contributed by atoms with Crippen LogP contribution in [0.2, 0.25) is 0 Å². The number of rotatable bonds is 2. The maximum Gasteiger partial charge on any atom is 0.186 e. The Hall–Kier alpha value is -3.06. The number of nitrogens with zero attached hydrogens (tertiary/aromatic N) is 5. The van der Waals surface area contributed by atoms with E-state index in [4.69, 9.17) is 4.98 Å². The van der Waals surface area contributed by atoms with E-state index in [2.05, 4.69) is 15.2 Å². The first-order valence-corrected chi connectivity index (χ1v) is 9.40. The summed E-state index contributed by atoms with van der Waals surface area (Å²) in [6, 6.07) is 14.4. The molecule has 5 rings (SSSR count). The van der Waals surface area contributed by atoms with E-state index < -0.39 is 5.60 Å². The van der Waals surface area contributed by atoms with Gasteiger partial charge in [0.1, 0.15) is 17.3 Å².